The molecule has 7 heteroatoms. The smallest absolute Gasteiger partial charge is 0.270 e. The zero-order valence-corrected chi connectivity index (χ0v) is 13.7. The number of anilines is 1. The molecule has 0 saturated carbocycles. The molecule has 1 amide bonds. The molecule has 0 radical (unpaired) electrons. The summed E-state index contributed by atoms with van der Waals surface area (Å²) in [6.07, 6.45) is 3.05. The predicted octanol–water partition coefficient (Wildman–Crippen LogP) is 2.02. The molecular weight excluding hydrogens is 308 g/mol. The van der Waals surface area contributed by atoms with Crippen LogP contribution in [-0.4, -0.2) is 36.6 Å². The van der Waals surface area contributed by atoms with Gasteiger partial charge in [-0.25, -0.2) is 9.97 Å². The lowest BCUT2D eigenvalue weighted by Gasteiger charge is -2.10. The molecule has 0 aliphatic carbocycles. The number of nitrogens with one attached hydrogen (secondary N) is 2. The van der Waals surface area contributed by atoms with Crippen molar-refractivity contribution in [3.8, 4) is 11.5 Å². The van der Waals surface area contributed by atoms with E-state index in [0.717, 1.165) is 5.56 Å². The molecule has 7 nitrogen and oxygen atoms in total. The molecule has 0 atom stereocenters. The van der Waals surface area contributed by atoms with Crippen LogP contribution >= 0.6 is 0 Å². The Labute approximate surface area is 140 Å². The zero-order valence-electron chi connectivity index (χ0n) is 13.7. The summed E-state index contributed by atoms with van der Waals surface area (Å²) in [5.41, 5.74) is 1.18. The highest BCUT2D eigenvalue weighted by Gasteiger charge is 2.10. The molecule has 0 unspecified atom stereocenters. The van der Waals surface area contributed by atoms with Gasteiger partial charge < -0.3 is 20.1 Å². The summed E-state index contributed by atoms with van der Waals surface area (Å²) < 4.78 is 10.4. The first-order chi connectivity index (χ1) is 11.7. The van der Waals surface area contributed by atoms with Gasteiger partial charge in [0.1, 0.15) is 17.8 Å². The molecule has 0 aliphatic rings. The molecule has 1 aromatic heterocycles. The van der Waals surface area contributed by atoms with Crippen LogP contribution in [0.25, 0.3) is 0 Å². The third-order valence-electron chi connectivity index (χ3n) is 3.23. The Morgan fingerprint density at radius 2 is 2.00 bits per heavy atom. The molecule has 2 aromatic rings. The Hall–Kier alpha value is -3.09. The van der Waals surface area contributed by atoms with Gasteiger partial charge in [-0.05, 0) is 17.7 Å². The summed E-state index contributed by atoms with van der Waals surface area (Å²) in [6.45, 7) is 4.52. The Balaban J connectivity index is 2.01. The van der Waals surface area contributed by atoms with Crippen LogP contribution in [0.3, 0.4) is 0 Å². The molecule has 1 heterocycles. The maximum absolute atomic E-state index is 12.2. The van der Waals surface area contributed by atoms with E-state index in [0.29, 0.717) is 30.4 Å². The fourth-order valence-electron chi connectivity index (χ4n) is 2.02. The summed E-state index contributed by atoms with van der Waals surface area (Å²) in [7, 11) is 3.14. The summed E-state index contributed by atoms with van der Waals surface area (Å²) in [5, 5.41) is 5.83. The van der Waals surface area contributed by atoms with Crippen molar-refractivity contribution in [2.24, 2.45) is 0 Å². The number of carbonyl (C=O) groups is 1. The van der Waals surface area contributed by atoms with Crippen LogP contribution in [0.1, 0.15) is 16.1 Å². The van der Waals surface area contributed by atoms with Gasteiger partial charge >= 0.3 is 0 Å². The van der Waals surface area contributed by atoms with E-state index in [1.54, 1.807) is 32.4 Å². The second kappa shape index (κ2) is 8.52. The number of aromatic nitrogens is 2. The number of methoxy groups -OCH3 is 2. The number of hydrogen-bond donors (Lipinski definition) is 2. The number of benzene rings is 1. The monoisotopic (exact) mass is 328 g/mol. The predicted molar refractivity (Wildman–Crippen MR) is 91.4 cm³/mol. The van der Waals surface area contributed by atoms with Crippen molar-refractivity contribution < 1.29 is 14.3 Å². The van der Waals surface area contributed by atoms with E-state index in [9.17, 15) is 4.79 Å². The van der Waals surface area contributed by atoms with E-state index in [-0.39, 0.29) is 11.6 Å². The number of carbonyl (C=O) groups excluding carboxylic acids is 1. The molecule has 0 bridgehead atoms. The number of hydrogen-bond acceptors (Lipinski definition) is 6. The van der Waals surface area contributed by atoms with Crippen molar-refractivity contribution in [1.82, 2.24) is 15.3 Å². The lowest BCUT2D eigenvalue weighted by atomic mass is 10.2. The van der Waals surface area contributed by atoms with Crippen molar-refractivity contribution in [1.29, 1.82) is 0 Å². The first-order valence-electron chi connectivity index (χ1n) is 7.34. The summed E-state index contributed by atoms with van der Waals surface area (Å²) in [5.74, 6) is 1.54. The number of amides is 1. The van der Waals surface area contributed by atoms with Gasteiger partial charge in [0.15, 0.2) is 11.5 Å². The lowest BCUT2D eigenvalue weighted by molar-refractivity contribution is 0.0945. The Bertz CT molecular complexity index is 719. The highest BCUT2D eigenvalue weighted by atomic mass is 16.5. The van der Waals surface area contributed by atoms with Crippen LogP contribution in [0.15, 0.2) is 43.2 Å². The van der Waals surface area contributed by atoms with Gasteiger partial charge in [0.25, 0.3) is 5.91 Å². The number of nitrogens with zero attached hydrogens (tertiary/aromatic N) is 2. The average Bonchev–Trinajstić information content (AvgIpc) is 2.64. The molecule has 1 aromatic carbocycles. The fourth-order valence-corrected chi connectivity index (χ4v) is 2.02. The SMILES string of the molecule is C=CCNc1cc(C(=O)NCc2ccc(OC)c(OC)c2)ncn1. The van der Waals surface area contributed by atoms with Crippen LogP contribution in [0.5, 0.6) is 11.5 Å². The second-order valence-electron chi connectivity index (χ2n) is 4.83. The molecular formula is C17H20N4O3. The van der Waals surface area contributed by atoms with E-state index in [1.165, 1.54) is 6.33 Å². The van der Waals surface area contributed by atoms with Gasteiger partial charge in [-0.3, -0.25) is 4.79 Å². The second-order valence-corrected chi connectivity index (χ2v) is 4.83. The normalized spacial score (nSPS) is 9.92. The van der Waals surface area contributed by atoms with E-state index in [2.05, 4.69) is 27.2 Å². The van der Waals surface area contributed by atoms with Crippen LogP contribution in [0, 0.1) is 0 Å². The molecule has 0 fully saturated rings. The minimum absolute atomic E-state index is 0.283. The van der Waals surface area contributed by atoms with E-state index < -0.39 is 0 Å². The molecule has 0 aliphatic heterocycles. The standard InChI is InChI=1S/C17H20N4O3/c1-4-7-18-16-9-13(20-11-21-16)17(22)19-10-12-5-6-14(23-2)15(8-12)24-3/h4-6,8-9,11H,1,7,10H2,2-3H3,(H,19,22)(H,18,20,21). The van der Waals surface area contributed by atoms with Crippen LogP contribution in [0.4, 0.5) is 5.82 Å². The van der Waals surface area contributed by atoms with E-state index >= 15 is 0 Å². The Morgan fingerprint density at radius 3 is 2.71 bits per heavy atom. The molecule has 2 rings (SSSR count). The summed E-state index contributed by atoms with van der Waals surface area (Å²) >= 11 is 0. The van der Waals surface area contributed by atoms with Crippen molar-refractivity contribution in [3.63, 3.8) is 0 Å². The molecule has 0 saturated heterocycles. The molecule has 0 spiro atoms. The third-order valence-corrected chi connectivity index (χ3v) is 3.23. The van der Waals surface area contributed by atoms with Crippen LogP contribution < -0.4 is 20.1 Å². The van der Waals surface area contributed by atoms with Crippen LogP contribution in [0.2, 0.25) is 0 Å². The average molecular weight is 328 g/mol. The summed E-state index contributed by atoms with van der Waals surface area (Å²) in [6, 6.07) is 7.06. The van der Waals surface area contributed by atoms with Gasteiger partial charge in [0, 0.05) is 19.2 Å². The third kappa shape index (κ3) is 4.45. The fraction of sp³-hybridized carbons (Fsp3) is 0.235. The highest BCUT2D eigenvalue weighted by molar-refractivity contribution is 5.92. The maximum atomic E-state index is 12.2. The van der Waals surface area contributed by atoms with Gasteiger partial charge in [-0.1, -0.05) is 12.1 Å². The van der Waals surface area contributed by atoms with Crippen molar-refractivity contribution in [3.05, 3.63) is 54.5 Å². The number of rotatable bonds is 8. The first kappa shape index (κ1) is 17.3. The Morgan fingerprint density at radius 1 is 1.21 bits per heavy atom. The Kier molecular flexibility index (Phi) is 6.13. The highest BCUT2D eigenvalue weighted by Crippen LogP contribution is 2.27. The van der Waals surface area contributed by atoms with Gasteiger partial charge in [0.2, 0.25) is 0 Å². The van der Waals surface area contributed by atoms with Gasteiger partial charge in [-0.2, -0.15) is 0 Å². The maximum Gasteiger partial charge on any atom is 0.270 e. The minimum atomic E-state index is -0.283. The minimum Gasteiger partial charge on any atom is -0.493 e. The molecule has 2 N–H and O–H groups in total. The largest absolute Gasteiger partial charge is 0.493 e. The van der Waals surface area contributed by atoms with Gasteiger partial charge in [-0.15, -0.1) is 6.58 Å². The van der Waals surface area contributed by atoms with Crippen molar-refractivity contribution >= 4 is 11.7 Å². The lowest BCUT2D eigenvalue weighted by Crippen LogP contribution is -2.24. The summed E-state index contributed by atoms with van der Waals surface area (Å²) in [4.78, 5) is 20.2. The van der Waals surface area contributed by atoms with E-state index in [1.807, 2.05) is 12.1 Å². The molecule has 24 heavy (non-hydrogen) atoms. The zero-order chi connectivity index (χ0) is 17.4. The quantitative estimate of drug-likeness (QED) is 0.721. The number of ether oxygens (including phenoxy) is 2. The van der Waals surface area contributed by atoms with Crippen LogP contribution in [-0.2, 0) is 6.54 Å². The van der Waals surface area contributed by atoms with Crippen molar-refractivity contribution in [2.75, 3.05) is 26.1 Å². The topological polar surface area (TPSA) is 85.4 Å². The van der Waals surface area contributed by atoms with Crippen molar-refractivity contribution in [2.45, 2.75) is 6.54 Å². The molecule has 126 valence electrons. The van der Waals surface area contributed by atoms with E-state index in [4.69, 9.17) is 9.47 Å². The van der Waals surface area contributed by atoms with Gasteiger partial charge in [0.05, 0.1) is 14.2 Å². The first-order valence-corrected chi connectivity index (χ1v) is 7.34.